The molecule has 222 valence electrons. The zero-order valence-corrected chi connectivity index (χ0v) is 26.0. The molecule has 6 aromatic carbocycles. The summed E-state index contributed by atoms with van der Waals surface area (Å²) in [6.45, 7) is 4.54. The van der Waals surface area contributed by atoms with Crippen molar-refractivity contribution in [1.29, 1.82) is 0 Å². The van der Waals surface area contributed by atoms with Crippen molar-refractivity contribution < 1.29 is 4.42 Å². The molecular weight excluding hydrogens is 574 g/mol. The topological polar surface area (TPSA) is 43.9 Å². The second kappa shape index (κ2) is 9.51. The number of para-hydroxylation sites is 2. The molecule has 4 nitrogen and oxygen atoms in total. The van der Waals surface area contributed by atoms with Crippen LogP contribution in [0.1, 0.15) is 25.1 Å². The molecule has 3 aromatic heterocycles. The predicted molar refractivity (Wildman–Crippen MR) is 192 cm³/mol. The lowest BCUT2D eigenvalue weighted by Gasteiger charge is -2.21. The molecule has 0 saturated carbocycles. The van der Waals surface area contributed by atoms with Gasteiger partial charge in [-0.15, -0.1) is 0 Å². The van der Waals surface area contributed by atoms with E-state index in [0.717, 1.165) is 77.9 Å². The zero-order chi connectivity index (χ0) is 31.3. The number of hydrogen-bond acceptors (Lipinski definition) is 3. The van der Waals surface area contributed by atoms with Crippen molar-refractivity contribution in [1.82, 2.24) is 14.5 Å². The van der Waals surface area contributed by atoms with Crippen LogP contribution in [-0.2, 0) is 5.41 Å². The molecular formula is C43H29N3O. The monoisotopic (exact) mass is 603 g/mol. The molecule has 0 spiro atoms. The van der Waals surface area contributed by atoms with Gasteiger partial charge in [-0.3, -0.25) is 0 Å². The van der Waals surface area contributed by atoms with Crippen LogP contribution in [0.3, 0.4) is 0 Å². The summed E-state index contributed by atoms with van der Waals surface area (Å²) in [5.41, 5.74) is 12.7. The molecule has 10 rings (SSSR count). The molecule has 0 fully saturated rings. The van der Waals surface area contributed by atoms with Crippen LogP contribution in [0.25, 0.3) is 83.2 Å². The Bertz CT molecular complexity index is 2700. The SMILES string of the molecule is CC1(C)c2ccccc2-c2c(-c3ccc(-n4c5ccccc5c5c6oc7ccccc7c6ccc54)cc3)nc(-c3ccccc3)nc21. The van der Waals surface area contributed by atoms with Crippen molar-refractivity contribution in [2.45, 2.75) is 19.3 Å². The van der Waals surface area contributed by atoms with Gasteiger partial charge in [-0.1, -0.05) is 117 Å². The lowest BCUT2D eigenvalue weighted by Crippen LogP contribution is -2.17. The minimum Gasteiger partial charge on any atom is -0.455 e. The van der Waals surface area contributed by atoms with Gasteiger partial charge in [-0.2, -0.15) is 0 Å². The van der Waals surface area contributed by atoms with E-state index in [1.807, 2.05) is 30.3 Å². The van der Waals surface area contributed by atoms with Gasteiger partial charge < -0.3 is 8.98 Å². The van der Waals surface area contributed by atoms with Crippen LogP contribution < -0.4 is 0 Å². The van der Waals surface area contributed by atoms with E-state index in [1.54, 1.807) is 0 Å². The summed E-state index contributed by atoms with van der Waals surface area (Å²) < 4.78 is 8.85. The van der Waals surface area contributed by atoms with Crippen molar-refractivity contribution >= 4 is 43.7 Å². The fourth-order valence-corrected chi connectivity index (χ4v) is 7.75. The molecule has 0 bridgehead atoms. The van der Waals surface area contributed by atoms with Crippen molar-refractivity contribution in [3.63, 3.8) is 0 Å². The smallest absolute Gasteiger partial charge is 0.160 e. The van der Waals surface area contributed by atoms with E-state index in [4.69, 9.17) is 14.4 Å². The highest BCUT2D eigenvalue weighted by atomic mass is 16.3. The van der Waals surface area contributed by atoms with Crippen molar-refractivity contribution in [2.24, 2.45) is 0 Å². The van der Waals surface area contributed by atoms with Gasteiger partial charge in [0.25, 0.3) is 0 Å². The zero-order valence-electron chi connectivity index (χ0n) is 26.0. The standard InChI is InChI=1S/C43H29N3O/c1-43(2)33-17-9-6-15-31(33)38-39(44-42(45-41(38)43)27-12-4-3-5-13-27)26-20-22-28(23-21-26)46-34-18-10-7-16-32(34)37-35(46)25-24-30-29-14-8-11-19-36(29)47-40(30)37/h3-25H,1-2H3. The highest BCUT2D eigenvalue weighted by molar-refractivity contribution is 6.23. The highest BCUT2D eigenvalue weighted by Crippen LogP contribution is 2.51. The molecule has 47 heavy (non-hydrogen) atoms. The molecule has 1 aliphatic rings. The lowest BCUT2D eigenvalue weighted by molar-refractivity contribution is 0.636. The first-order chi connectivity index (χ1) is 23.1. The molecule has 0 atom stereocenters. The average molecular weight is 604 g/mol. The van der Waals surface area contributed by atoms with Gasteiger partial charge in [0.05, 0.1) is 27.8 Å². The third-order valence-corrected chi connectivity index (χ3v) is 9.98. The number of nitrogens with zero attached hydrogens (tertiary/aromatic N) is 3. The van der Waals surface area contributed by atoms with Crippen molar-refractivity contribution in [3.05, 3.63) is 151 Å². The molecule has 0 N–H and O–H groups in total. The van der Waals surface area contributed by atoms with Crippen LogP contribution in [0.4, 0.5) is 0 Å². The molecule has 9 aromatic rings. The first-order valence-corrected chi connectivity index (χ1v) is 16.1. The minimum absolute atomic E-state index is 0.238. The number of furan rings is 1. The normalized spacial score (nSPS) is 13.5. The van der Waals surface area contributed by atoms with Crippen LogP contribution in [0.15, 0.2) is 144 Å². The van der Waals surface area contributed by atoms with Crippen LogP contribution >= 0.6 is 0 Å². The van der Waals surface area contributed by atoms with E-state index in [1.165, 1.54) is 16.5 Å². The van der Waals surface area contributed by atoms with Crippen LogP contribution in [0, 0.1) is 0 Å². The third-order valence-electron chi connectivity index (χ3n) is 9.98. The van der Waals surface area contributed by atoms with Gasteiger partial charge in [0.1, 0.15) is 11.2 Å². The third kappa shape index (κ3) is 3.64. The number of hydrogen-bond donors (Lipinski definition) is 0. The molecule has 4 heteroatoms. The summed E-state index contributed by atoms with van der Waals surface area (Å²) in [7, 11) is 0. The number of aromatic nitrogens is 3. The number of rotatable bonds is 3. The highest BCUT2D eigenvalue weighted by Gasteiger charge is 2.39. The largest absolute Gasteiger partial charge is 0.455 e. The van der Waals surface area contributed by atoms with Gasteiger partial charge in [0.2, 0.25) is 0 Å². The van der Waals surface area contributed by atoms with Crippen molar-refractivity contribution in [2.75, 3.05) is 0 Å². The Kier molecular flexibility index (Phi) is 5.31. The molecule has 0 unspecified atom stereocenters. The Balaban J connectivity index is 1.19. The predicted octanol–water partition coefficient (Wildman–Crippen LogP) is 11.1. The number of fused-ring (bicyclic) bond motifs is 10. The summed E-state index contributed by atoms with van der Waals surface area (Å²) in [5, 5.41) is 4.60. The summed E-state index contributed by atoms with van der Waals surface area (Å²) in [6.07, 6.45) is 0. The van der Waals surface area contributed by atoms with E-state index in [-0.39, 0.29) is 5.41 Å². The molecule has 0 saturated heterocycles. The van der Waals surface area contributed by atoms with Crippen LogP contribution in [0.2, 0.25) is 0 Å². The van der Waals surface area contributed by atoms with Crippen molar-refractivity contribution in [3.8, 4) is 39.5 Å². The lowest BCUT2D eigenvalue weighted by atomic mass is 9.85. The summed E-state index contributed by atoms with van der Waals surface area (Å²) in [6, 6.07) is 49.1. The fourth-order valence-electron chi connectivity index (χ4n) is 7.75. The first-order valence-electron chi connectivity index (χ1n) is 16.1. The Morgan fingerprint density at radius 2 is 1.30 bits per heavy atom. The van der Waals surface area contributed by atoms with E-state index >= 15 is 0 Å². The Hall–Kier alpha value is -6.00. The Morgan fingerprint density at radius 3 is 2.15 bits per heavy atom. The van der Waals surface area contributed by atoms with Gasteiger partial charge in [-0.05, 0) is 47.5 Å². The summed E-state index contributed by atoms with van der Waals surface area (Å²) in [5.74, 6) is 0.751. The second-order valence-corrected chi connectivity index (χ2v) is 13.0. The maximum absolute atomic E-state index is 6.51. The minimum atomic E-state index is -0.238. The molecule has 1 aliphatic carbocycles. The van der Waals surface area contributed by atoms with Gasteiger partial charge in [0, 0.05) is 44.0 Å². The summed E-state index contributed by atoms with van der Waals surface area (Å²) >= 11 is 0. The first kappa shape index (κ1) is 26.2. The average Bonchev–Trinajstić information content (AvgIpc) is 3.74. The molecule has 0 radical (unpaired) electrons. The van der Waals surface area contributed by atoms with E-state index in [2.05, 4.69) is 128 Å². The van der Waals surface area contributed by atoms with Gasteiger partial charge >= 0.3 is 0 Å². The summed E-state index contributed by atoms with van der Waals surface area (Å²) in [4.78, 5) is 10.5. The molecule has 3 heterocycles. The molecule has 0 aliphatic heterocycles. The number of benzene rings is 6. The van der Waals surface area contributed by atoms with E-state index in [0.29, 0.717) is 0 Å². The maximum Gasteiger partial charge on any atom is 0.160 e. The second-order valence-electron chi connectivity index (χ2n) is 13.0. The maximum atomic E-state index is 6.51. The van der Waals surface area contributed by atoms with Crippen LogP contribution in [-0.4, -0.2) is 14.5 Å². The Morgan fingerprint density at radius 1 is 0.574 bits per heavy atom. The molecule has 0 amide bonds. The Labute approximate surface area is 271 Å². The van der Waals surface area contributed by atoms with Gasteiger partial charge in [-0.25, -0.2) is 9.97 Å². The van der Waals surface area contributed by atoms with Crippen LogP contribution in [0.5, 0.6) is 0 Å². The van der Waals surface area contributed by atoms with Gasteiger partial charge in [0.15, 0.2) is 5.82 Å². The fraction of sp³-hybridized carbons (Fsp3) is 0.0698. The quantitative estimate of drug-likeness (QED) is 0.202. The van der Waals surface area contributed by atoms with E-state index < -0.39 is 0 Å². The van der Waals surface area contributed by atoms with E-state index in [9.17, 15) is 0 Å².